The Hall–Kier alpha value is -1.93. The Labute approximate surface area is 113 Å². The molecule has 0 aliphatic carbocycles. The predicted molar refractivity (Wildman–Crippen MR) is 70.9 cm³/mol. The van der Waals surface area contributed by atoms with Crippen LogP contribution in [0.5, 0.6) is 0 Å². The summed E-state index contributed by atoms with van der Waals surface area (Å²) in [6, 6.07) is 5.75. The topological polar surface area (TPSA) is 60.2 Å². The van der Waals surface area contributed by atoms with E-state index in [0.717, 1.165) is 12.1 Å². The van der Waals surface area contributed by atoms with E-state index in [-0.39, 0.29) is 24.4 Å². The second-order valence-electron chi connectivity index (χ2n) is 4.99. The Kier molecular flexibility index (Phi) is 4.13. The standard InChI is InChI=1S/C14H18N4O/c1-11-9-17(2)13(5-6-15)14(19)18(11)10-12-4-3-7-16-8-12/h3-4,7-8,11,13H,5,9-10H2,1-2H3. The molecule has 2 unspecified atom stereocenters. The molecule has 1 amide bonds. The van der Waals surface area contributed by atoms with Gasteiger partial charge in [0, 0.05) is 31.5 Å². The third-order valence-electron chi connectivity index (χ3n) is 3.54. The van der Waals surface area contributed by atoms with Crippen molar-refractivity contribution >= 4 is 5.91 Å². The molecule has 5 nitrogen and oxygen atoms in total. The number of hydrogen-bond donors (Lipinski definition) is 0. The Morgan fingerprint density at radius 2 is 2.37 bits per heavy atom. The van der Waals surface area contributed by atoms with E-state index in [1.54, 1.807) is 12.4 Å². The normalized spacial score (nSPS) is 24.3. The van der Waals surface area contributed by atoms with Crippen molar-refractivity contribution in [1.29, 1.82) is 5.26 Å². The second kappa shape index (κ2) is 5.81. The molecule has 1 aliphatic rings. The molecule has 19 heavy (non-hydrogen) atoms. The highest BCUT2D eigenvalue weighted by molar-refractivity contribution is 5.83. The van der Waals surface area contributed by atoms with Gasteiger partial charge in [0.15, 0.2) is 0 Å². The lowest BCUT2D eigenvalue weighted by atomic mass is 10.0. The molecular formula is C14H18N4O. The van der Waals surface area contributed by atoms with E-state index in [9.17, 15) is 4.79 Å². The summed E-state index contributed by atoms with van der Waals surface area (Å²) in [6.07, 6.45) is 3.74. The molecule has 1 aliphatic heterocycles. The molecule has 0 aromatic carbocycles. The number of likely N-dealkylation sites (N-methyl/N-ethyl adjacent to an activating group) is 1. The minimum absolute atomic E-state index is 0.0339. The van der Waals surface area contributed by atoms with Crippen LogP contribution in [0.2, 0.25) is 0 Å². The quantitative estimate of drug-likeness (QED) is 0.812. The summed E-state index contributed by atoms with van der Waals surface area (Å²) in [5.74, 6) is 0.0339. The fraction of sp³-hybridized carbons (Fsp3) is 0.500. The Balaban J connectivity index is 2.15. The fourth-order valence-electron chi connectivity index (χ4n) is 2.49. The monoisotopic (exact) mass is 258 g/mol. The first-order valence-corrected chi connectivity index (χ1v) is 6.40. The van der Waals surface area contributed by atoms with Crippen molar-refractivity contribution in [3.05, 3.63) is 30.1 Å². The third-order valence-corrected chi connectivity index (χ3v) is 3.54. The lowest BCUT2D eigenvalue weighted by Crippen LogP contribution is -2.59. The molecular weight excluding hydrogens is 240 g/mol. The average molecular weight is 258 g/mol. The summed E-state index contributed by atoms with van der Waals surface area (Å²) in [5.41, 5.74) is 1.02. The van der Waals surface area contributed by atoms with Crippen LogP contribution in [0.15, 0.2) is 24.5 Å². The third kappa shape index (κ3) is 2.91. The first-order valence-electron chi connectivity index (χ1n) is 6.40. The molecule has 1 fully saturated rings. The van der Waals surface area contributed by atoms with Crippen molar-refractivity contribution in [2.75, 3.05) is 13.6 Å². The lowest BCUT2D eigenvalue weighted by Gasteiger charge is -2.42. The number of piperazine rings is 1. The van der Waals surface area contributed by atoms with Crippen LogP contribution in [0.25, 0.3) is 0 Å². The summed E-state index contributed by atoms with van der Waals surface area (Å²) < 4.78 is 0. The van der Waals surface area contributed by atoms with Gasteiger partial charge in [-0.2, -0.15) is 5.26 Å². The van der Waals surface area contributed by atoms with Gasteiger partial charge in [-0.05, 0) is 25.6 Å². The van der Waals surface area contributed by atoms with Gasteiger partial charge in [0.1, 0.15) is 6.04 Å². The molecule has 1 saturated heterocycles. The molecule has 1 aromatic rings. The first kappa shape index (κ1) is 13.5. The highest BCUT2D eigenvalue weighted by atomic mass is 16.2. The minimum Gasteiger partial charge on any atom is -0.333 e. The molecule has 0 radical (unpaired) electrons. The molecule has 0 spiro atoms. The number of nitriles is 1. The number of hydrogen-bond acceptors (Lipinski definition) is 4. The summed E-state index contributed by atoms with van der Waals surface area (Å²) in [4.78, 5) is 20.3. The lowest BCUT2D eigenvalue weighted by molar-refractivity contribution is -0.145. The van der Waals surface area contributed by atoms with Gasteiger partial charge < -0.3 is 4.90 Å². The maximum Gasteiger partial charge on any atom is 0.241 e. The van der Waals surface area contributed by atoms with E-state index in [1.807, 2.05) is 35.9 Å². The minimum atomic E-state index is -0.321. The van der Waals surface area contributed by atoms with Gasteiger partial charge in [0.25, 0.3) is 0 Å². The van der Waals surface area contributed by atoms with Crippen LogP contribution >= 0.6 is 0 Å². The maximum absolute atomic E-state index is 12.5. The average Bonchev–Trinajstić information content (AvgIpc) is 2.41. The van der Waals surface area contributed by atoms with Crippen LogP contribution in [0.1, 0.15) is 18.9 Å². The van der Waals surface area contributed by atoms with Crippen LogP contribution in [0.4, 0.5) is 0 Å². The zero-order valence-electron chi connectivity index (χ0n) is 11.3. The van der Waals surface area contributed by atoms with E-state index >= 15 is 0 Å². The van der Waals surface area contributed by atoms with E-state index in [4.69, 9.17) is 5.26 Å². The number of aromatic nitrogens is 1. The number of carbonyl (C=O) groups is 1. The summed E-state index contributed by atoms with van der Waals surface area (Å²) >= 11 is 0. The number of nitrogens with zero attached hydrogens (tertiary/aromatic N) is 4. The highest BCUT2D eigenvalue weighted by Gasteiger charge is 2.36. The number of carbonyl (C=O) groups excluding carboxylic acids is 1. The molecule has 0 bridgehead atoms. The van der Waals surface area contributed by atoms with E-state index < -0.39 is 0 Å². The molecule has 0 N–H and O–H groups in total. The van der Waals surface area contributed by atoms with Crippen molar-refractivity contribution in [2.24, 2.45) is 0 Å². The SMILES string of the molecule is CC1CN(C)C(CC#N)C(=O)N1Cc1cccnc1. The van der Waals surface area contributed by atoms with Crippen LogP contribution in [0, 0.1) is 11.3 Å². The maximum atomic E-state index is 12.5. The van der Waals surface area contributed by atoms with Crippen LogP contribution in [-0.2, 0) is 11.3 Å². The van der Waals surface area contributed by atoms with E-state index in [0.29, 0.717) is 6.54 Å². The number of amides is 1. The fourth-order valence-corrected chi connectivity index (χ4v) is 2.49. The van der Waals surface area contributed by atoms with Gasteiger partial charge in [-0.3, -0.25) is 14.7 Å². The van der Waals surface area contributed by atoms with Gasteiger partial charge in [-0.15, -0.1) is 0 Å². The molecule has 100 valence electrons. The van der Waals surface area contributed by atoms with Gasteiger partial charge in [-0.1, -0.05) is 6.07 Å². The van der Waals surface area contributed by atoms with Crippen LogP contribution in [0.3, 0.4) is 0 Å². The largest absolute Gasteiger partial charge is 0.333 e. The summed E-state index contributed by atoms with van der Waals surface area (Å²) in [6.45, 7) is 3.38. The van der Waals surface area contributed by atoms with Crippen molar-refractivity contribution in [3.8, 4) is 6.07 Å². The smallest absolute Gasteiger partial charge is 0.241 e. The van der Waals surface area contributed by atoms with E-state index in [2.05, 4.69) is 11.1 Å². The second-order valence-corrected chi connectivity index (χ2v) is 4.99. The van der Waals surface area contributed by atoms with Crippen molar-refractivity contribution in [2.45, 2.75) is 32.0 Å². The van der Waals surface area contributed by atoms with Crippen molar-refractivity contribution in [1.82, 2.24) is 14.8 Å². The predicted octanol–water partition coefficient (Wildman–Crippen LogP) is 1.03. The molecule has 0 saturated carbocycles. The summed E-state index contributed by atoms with van der Waals surface area (Å²) in [7, 11) is 1.90. The first-order chi connectivity index (χ1) is 9.13. The van der Waals surface area contributed by atoms with E-state index in [1.165, 1.54) is 0 Å². The molecule has 2 heterocycles. The Morgan fingerprint density at radius 1 is 1.58 bits per heavy atom. The Bertz CT molecular complexity index is 482. The van der Waals surface area contributed by atoms with Crippen LogP contribution < -0.4 is 0 Å². The van der Waals surface area contributed by atoms with Crippen LogP contribution in [-0.4, -0.2) is 46.4 Å². The Morgan fingerprint density at radius 3 is 3.00 bits per heavy atom. The highest BCUT2D eigenvalue weighted by Crippen LogP contribution is 2.19. The van der Waals surface area contributed by atoms with Crippen molar-refractivity contribution < 1.29 is 4.79 Å². The molecule has 2 atom stereocenters. The zero-order valence-corrected chi connectivity index (χ0v) is 11.3. The number of pyridine rings is 1. The van der Waals surface area contributed by atoms with Crippen molar-refractivity contribution in [3.63, 3.8) is 0 Å². The van der Waals surface area contributed by atoms with Gasteiger partial charge >= 0.3 is 0 Å². The van der Waals surface area contributed by atoms with Gasteiger partial charge in [0.05, 0.1) is 12.5 Å². The summed E-state index contributed by atoms with van der Waals surface area (Å²) in [5, 5.41) is 8.84. The van der Waals surface area contributed by atoms with Gasteiger partial charge in [0.2, 0.25) is 5.91 Å². The zero-order chi connectivity index (χ0) is 13.8. The molecule has 2 rings (SSSR count). The van der Waals surface area contributed by atoms with Gasteiger partial charge in [-0.25, -0.2) is 0 Å². The molecule has 5 heteroatoms. The number of rotatable bonds is 3. The molecule has 1 aromatic heterocycles.